The molecule has 112 valence electrons. The summed E-state index contributed by atoms with van der Waals surface area (Å²) < 4.78 is 27.2. The molecule has 0 saturated carbocycles. The molecule has 0 aliphatic heterocycles. The van der Waals surface area contributed by atoms with Crippen LogP contribution in [0.2, 0.25) is 0 Å². The Morgan fingerprint density at radius 3 is 2.77 bits per heavy atom. The minimum Gasteiger partial charge on any atom is -0.294 e. The average Bonchev–Trinajstić information content (AvgIpc) is 2.50. The van der Waals surface area contributed by atoms with Gasteiger partial charge in [-0.1, -0.05) is 6.07 Å². The van der Waals surface area contributed by atoms with Gasteiger partial charge in [-0.3, -0.25) is 14.2 Å². The molecule has 22 heavy (non-hydrogen) atoms. The van der Waals surface area contributed by atoms with Gasteiger partial charge in [0.05, 0.1) is 12.9 Å². The van der Waals surface area contributed by atoms with Gasteiger partial charge in [-0.15, -0.1) is 12.3 Å². The van der Waals surface area contributed by atoms with Crippen molar-refractivity contribution in [2.75, 3.05) is 0 Å². The van der Waals surface area contributed by atoms with E-state index in [1.54, 1.807) is 0 Å². The first-order valence-electron chi connectivity index (χ1n) is 6.48. The lowest BCUT2D eigenvalue weighted by Gasteiger charge is -2.07. The van der Waals surface area contributed by atoms with Crippen LogP contribution < -0.4 is 5.56 Å². The lowest BCUT2D eigenvalue weighted by Crippen LogP contribution is -2.27. The predicted molar refractivity (Wildman–Crippen MR) is 76.4 cm³/mol. The van der Waals surface area contributed by atoms with Crippen LogP contribution in [0.5, 0.6) is 0 Å². The van der Waals surface area contributed by atoms with Gasteiger partial charge in [0.25, 0.3) is 5.56 Å². The molecule has 0 spiro atoms. The van der Waals surface area contributed by atoms with Crippen molar-refractivity contribution >= 4 is 5.78 Å². The SMILES string of the molecule is C#CCCC(=O)c1cncn(Cc2ccc(F)c(F)c2)c1=O. The largest absolute Gasteiger partial charge is 0.294 e. The van der Waals surface area contributed by atoms with Crippen LogP contribution >= 0.6 is 0 Å². The van der Waals surface area contributed by atoms with Gasteiger partial charge in [-0.25, -0.2) is 13.8 Å². The number of Topliss-reactive ketones (excluding diaryl/α,β-unsaturated/α-hetero) is 1. The van der Waals surface area contributed by atoms with Crippen molar-refractivity contribution in [3.8, 4) is 12.3 Å². The molecule has 1 aromatic heterocycles. The molecule has 1 aromatic carbocycles. The van der Waals surface area contributed by atoms with E-state index >= 15 is 0 Å². The van der Waals surface area contributed by atoms with Crippen molar-refractivity contribution < 1.29 is 13.6 Å². The van der Waals surface area contributed by atoms with Gasteiger partial charge in [0.1, 0.15) is 5.56 Å². The number of halogens is 2. The summed E-state index contributed by atoms with van der Waals surface area (Å²) in [4.78, 5) is 27.9. The highest BCUT2D eigenvalue weighted by molar-refractivity contribution is 5.95. The molecular formula is C16H12F2N2O2. The molecule has 1 heterocycles. The molecule has 4 nitrogen and oxygen atoms in total. The summed E-state index contributed by atoms with van der Waals surface area (Å²) >= 11 is 0. The first-order valence-corrected chi connectivity index (χ1v) is 6.48. The summed E-state index contributed by atoms with van der Waals surface area (Å²) in [6.45, 7) is -0.0146. The third-order valence-electron chi connectivity index (χ3n) is 3.03. The minimum absolute atomic E-state index is 0.0146. The van der Waals surface area contributed by atoms with Crippen molar-refractivity contribution in [1.82, 2.24) is 9.55 Å². The number of nitrogens with zero attached hydrogens (tertiary/aromatic N) is 2. The summed E-state index contributed by atoms with van der Waals surface area (Å²) in [5, 5.41) is 0. The Morgan fingerprint density at radius 1 is 1.32 bits per heavy atom. The lowest BCUT2D eigenvalue weighted by molar-refractivity contribution is 0.0982. The molecule has 0 aliphatic rings. The zero-order valence-corrected chi connectivity index (χ0v) is 11.6. The smallest absolute Gasteiger partial charge is 0.264 e. The summed E-state index contributed by atoms with van der Waals surface area (Å²) in [7, 11) is 0. The van der Waals surface area contributed by atoms with E-state index in [4.69, 9.17) is 6.42 Å². The topological polar surface area (TPSA) is 52.0 Å². The van der Waals surface area contributed by atoms with E-state index in [1.165, 1.54) is 18.6 Å². The molecule has 0 fully saturated rings. The third-order valence-corrected chi connectivity index (χ3v) is 3.03. The molecule has 0 N–H and O–H groups in total. The zero-order valence-electron chi connectivity index (χ0n) is 11.6. The Kier molecular flexibility index (Phi) is 4.79. The van der Waals surface area contributed by atoms with Crippen molar-refractivity contribution in [2.45, 2.75) is 19.4 Å². The predicted octanol–water partition coefficient (Wildman–Crippen LogP) is 2.17. The number of rotatable bonds is 5. The minimum atomic E-state index is -1.00. The molecule has 2 rings (SSSR count). The number of aromatic nitrogens is 2. The van der Waals surface area contributed by atoms with Crippen LogP contribution in [0.3, 0.4) is 0 Å². The van der Waals surface area contributed by atoms with Gasteiger partial charge in [0.2, 0.25) is 0 Å². The van der Waals surface area contributed by atoms with Crippen LogP contribution in [0.1, 0.15) is 28.8 Å². The standard InChI is InChI=1S/C16H12F2N2O2/c1-2-3-4-15(21)12-8-19-10-20(16(12)22)9-11-5-6-13(17)14(18)7-11/h1,5-8,10H,3-4,9H2. The number of hydrogen-bond acceptors (Lipinski definition) is 3. The third kappa shape index (κ3) is 3.44. The quantitative estimate of drug-likeness (QED) is 0.628. The first kappa shape index (κ1) is 15.6. The molecule has 0 saturated heterocycles. The summed E-state index contributed by atoms with van der Waals surface area (Å²) in [5.41, 5.74) is -0.224. The highest BCUT2D eigenvalue weighted by Gasteiger charge is 2.13. The fraction of sp³-hybridized carbons (Fsp3) is 0.188. The number of ketones is 1. The number of carbonyl (C=O) groups excluding carboxylic acids is 1. The molecule has 0 amide bonds. The van der Waals surface area contributed by atoms with Gasteiger partial charge in [-0.2, -0.15) is 0 Å². The van der Waals surface area contributed by atoms with Crippen molar-refractivity contribution in [3.05, 3.63) is 63.8 Å². The number of benzene rings is 1. The molecule has 2 aromatic rings. The van der Waals surface area contributed by atoms with E-state index in [-0.39, 0.29) is 24.9 Å². The number of carbonyl (C=O) groups is 1. The molecular weight excluding hydrogens is 290 g/mol. The van der Waals surface area contributed by atoms with Gasteiger partial charge >= 0.3 is 0 Å². The fourth-order valence-electron chi connectivity index (χ4n) is 1.91. The van der Waals surface area contributed by atoms with Gasteiger partial charge in [-0.05, 0) is 17.7 Å². The second kappa shape index (κ2) is 6.76. The fourth-order valence-corrected chi connectivity index (χ4v) is 1.91. The van der Waals surface area contributed by atoms with Crippen molar-refractivity contribution in [1.29, 1.82) is 0 Å². The van der Waals surface area contributed by atoms with E-state index in [1.807, 2.05) is 0 Å². The zero-order chi connectivity index (χ0) is 16.1. The van der Waals surface area contributed by atoms with Crippen molar-refractivity contribution in [2.24, 2.45) is 0 Å². The Labute approximate surface area is 125 Å². The maximum absolute atomic E-state index is 13.2. The maximum atomic E-state index is 13.2. The summed E-state index contributed by atoms with van der Waals surface area (Å²) in [6.07, 6.45) is 7.80. The molecule has 0 atom stereocenters. The van der Waals surface area contributed by atoms with Gasteiger partial charge in [0, 0.05) is 19.0 Å². The second-order valence-electron chi connectivity index (χ2n) is 4.62. The Hall–Kier alpha value is -2.81. The number of terminal acetylenes is 1. The van der Waals surface area contributed by atoms with Crippen LogP contribution in [0.25, 0.3) is 0 Å². The molecule has 6 heteroatoms. The van der Waals surface area contributed by atoms with E-state index < -0.39 is 23.0 Å². The summed E-state index contributed by atoms with van der Waals surface area (Å²) in [6, 6.07) is 3.33. The molecule has 0 radical (unpaired) electrons. The van der Waals surface area contributed by atoms with Crippen LogP contribution in [-0.2, 0) is 6.54 Å². The van der Waals surface area contributed by atoms with E-state index in [0.717, 1.165) is 16.7 Å². The highest BCUT2D eigenvalue weighted by atomic mass is 19.2. The molecule has 0 aliphatic carbocycles. The van der Waals surface area contributed by atoms with E-state index in [9.17, 15) is 18.4 Å². The molecule has 0 unspecified atom stereocenters. The normalized spacial score (nSPS) is 10.2. The Balaban J connectivity index is 2.29. The van der Waals surface area contributed by atoms with Gasteiger partial charge < -0.3 is 0 Å². The van der Waals surface area contributed by atoms with Crippen LogP contribution in [0, 0.1) is 24.0 Å². The highest BCUT2D eigenvalue weighted by Crippen LogP contribution is 2.09. The Bertz CT molecular complexity index is 807. The van der Waals surface area contributed by atoms with Crippen LogP contribution in [0.4, 0.5) is 8.78 Å². The Morgan fingerprint density at radius 2 is 2.09 bits per heavy atom. The van der Waals surface area contributed by atoms with Crippen molar-refractivity contribution in [3.63, 3.8) is 0 Å². The van der Waals surface area contributed by atoms with Crippen LogP contribution in [-0.4, -0.2) is 15.3 Å². The second-order valence-corrected chi connectivity index (χ2v) is 4.62. The van der Waals surface area contributed by atoms with E-state index in [0.29, 0.717) is 5.56 Å². The number of hydrogen-bond donors (Lipinski definition) is 0. The maximum Gasteiger partial charge on any atom is 0.264 e. The van der Waals surface area contributed by atoms with Crippen LogP contribution in [0.15, 0.2) is 35.5 Å². The average molecular weight is 302 g/mol. The van der Waals surface area contributed by atoms with E-state index in [2.05, 4.69) is 10.9 Å². The summed E-state index contributed by atoms with van der Waals surface area (Å²) in [5.74, 6) is -0.0325. The van der Waals surface area contributed by atoms with Gasteiger partial charge in [0.15, 0.2) is 17.4 Å². The first-order chi connectivity index (χ1) is 10.5. The monoisotopic (exact) mass is 302 g/mol. The molecule has 0 bridgehead atoms. The lowest BCUT2D eigenvalue weighted by atomic mass is 10.1.